The minimum atomic E-state index is -0.500. The lowest BCUT2D eigenvalue weighted by Gasteiger charge is -2.10. The van der Waals surface area contributed by atoms with Crippen LogP contribution in [0.3, 0.4) is 0 Å². The Hall–Kier alpha value is -1.06. The third-order valence-electron chi connectivity index (χ3n) is 2.18. The number of rotatable bonds is 5. The van der Waals surface area contributed by atoms with Gasteiger partial charge in [-0.25, -0.2) is 4.79 Å². The number of alkyl carbamates (subject to hydrolysis) is 1. The molecule has 1 fully saturated rings. The van der Waals surface area contributed by atoms with Crippen molar-refractivity contribution in [3.8, 4) is 0 Å². The first-order valence-corrected chi connectivity index (χ1v) is 4.30. The maximum atomic E-state index is 12.3. The molecule has 0 radical (unpaired) electrons. The lowest BCUT2D eigenvalue weighted by atomic mass is 10.1. The normalized spacial score (nSPS) is 17.6. The standard InChI is InChI=1S/C9H14FNO2/c1-2-5-13-8(12)11-7-9(6-10)3-4-9/h2H,1,3-7H2,(H,11,12). The highest BCUT2D eigenvalue weighted by molar-refractivity contribution is 5.67. The number of hydrogen-bond donors (Lipinski definition) is 1. The van der Waals surface area contributed by atoms with Gasteiger partial charge in [0.25, 0.3) is 0 Å². The largest absolute Gasteiger partial charge is 0.445 e. The number of nitrogens with one attached hydrogen (secondary N) is 1. The van der Waals surface area contributed by atoms with E-state index in [9.17, 15) is 9.18 Å². The quantitative estimate of drug-likeness (QED) is 0.664. The maximum Gasteiger partial charge on any atom is 0.407 e. The Morgan fingerprint density at radius 3 is 2.85 bits per heavy atom. The number of ether oxygens (including phenoxy) is 1. The van der Waals surface area contributed by atoms with E-state index in [1.54, 1.807) is 0 Å². The van der Waals surface area contributed by atoms with Crippen molar-refractivity contribution in [2.24, 2.45) is 5.41 Å². The Labute approximate surface area is 77.0 Å². The first kappa shape index (κ1) is 10.0. The Balaban J connectivity index is 2.11. The summed E-state index contributed by atoms with van der Waals surface area (Å²) in [4.78, 5) is 10.9. The molecule has 1 amide bonds. The average molecular weight is 187 g/mol. The lowest BCUT2D eigenvalue weighted by molar-refractivity contribution is 0.154. The van der Waals surface area contributed by atoms with Gasteiger partial charge in [0.1, 0.15) is 6.61 Å². The smallest absolute Gasteiger partial charge is 0.407 e. The molecule has 0 bridgehead atoms. The molecule has 1 N–H and O–H groups in total. The zero-order valence-electron chi connectivity index (χ0n) is 7.51. The van der Waals surface area contributed by atoms with E-state index in [-0.39, 0.29) is 18.7 Å². The molecule has 1 aliphatic rings. The molecule has 1 saturated carbocycles. The van der Waals surface area contributed by atoms with E-state index in [1.165, 1.54) is 6.08 Å². The molecule has 13 heavy (non-hydrogen) atoms. The maximum absolute atomic E-state index is 12.3. The third-order valence-corrected chi connectivity index (χ3v) is 2.18. The molecule has 0 atom stereocenters. The first-order valence-electron chi connectivity index (χ1n) is 4.30. The number of halogens is 1. The summed E-state index contributed by atoms with van der Waals surface area (Å²) in [6.07, 6.45) is 2.69. The molecule has 0 aromatic carbocycles. The van der Waals surface area contributed by atoms with Gasteiger partial charge in [0, 0.05) is 12.0 Å². The molecule has 0 aromatic rings. The van der Waals surface area contributed by atoms with Crippen molar-refractivity contribution in [3.05, 3.63) is 12.7 Å². The number of carbonyl (C=O) groups excluding carboxylic acids is 1. The molecule has 0 spiro atoms. The second kappa shape index (κ2) is 4.25. The highest BCUT2D eigenvalue weighted by Crippen LogP contribution is 2.45. The summed E-state index contributed by atoms with van der Waals surface area (Å²) in [5.74, 6) is 0. The van der Waals surface area contributed by atoms with Gasteiger partial charge in [0.05, 0.1) is 6.67 Å². The highest BCUT2D eigenvalue weighted by atomic mass is 19.1. The molecule has 3 nitrogen and oxygen atoms in total. The van der Waals surface area contributed by atoms with E-state index in [0.717, 1.165) is 12.8 Å². The summed E-state index contributed by atoms with van der Waals surface area (Å²) < 4.78 is 17.0. The van der Waals surface area contributed by atoms with Crippen LogP contribution in [0, 0.1) is 5.41 Å². The Kier molecular flexibility index (Phi) is 3.28. The van der Waals surface area contributed by atoms with Crippen molar-refractivity contribution < 1.29 is 13.9 Å². The van der Waals surface area contributed by atoms with Crippen LogP contribution in [0.4, 0.5) is 9.18 Å². The monoisotopic (exact) mass is 187 g/mol. The molecule has 0 saturated heterocycles. The van der Waals surface area contributed by atoms with E-state index in [2.05, 4.69) is 16.6 Å². The predicted molar refractivity (Wildman–Crippen MR) is 47.2 cm³/mol. The van der Waals surface area contributed by atoms with Crippen molar-refractivity contribution >= 4 is 6.09 Å². The van der Waals surface area contributed by atoms with Gasteiger partial charge in [-0.1, -0.05) is 12.7 Å². The van der Waals surface area contributed by atoms with Crippen LogP contribution in [0.25, 0.3) is 0 Å². The summed E-state index contributed by atoms with van der Waals surface area (Å²) in [5, 5.41) is 2.52. The fraction of sp³-hybridized carbons (Fsp3) is 0.667. The zero-order chi connectivity index (χ0) is 9.73. The Morgan fingerprint density at radius 1 is 1.69 bits per heavy atom. The van der Waals surface area contributed by atoms with E-state index < -0.39 is 6.09 Å². The van der Waals surface area contributed by atoms with Gasteiger partial charge in [0.2, 0.25) is 0 Å². The van der Waals surface area contributed by atoms with Crippen molar-refractivity contribution in [1.82, 2.24) is 5.32 Å². The van der Waals surface area contributed by atoms with E-state index in [4.69, 9.17) is 0 Å². The van der Waals surface area contributed by atoms with Crippen molar-refractivity contribution in [1.29, 1.82) is 0 Å². The van der Waals surface area contributed by atoms with Gasteiger partial charge >= 0.3 is 6.09 Å². The molecule has 0 heterocycles. The summed E-state index contributed by atoms with van der Waals surface area (Å²) in [6.45, 7) is 3.60. The van der Waals surface area contributed by atoms with Crippen molar-refractivity contribution in [3.63, 3.8) is 0 Å². The molecule has 1 rings (SSSR count). The van der Waals surface area contributed by atoms with Crippen molar-refractivity contribution in [2.75, 3.05) is 19.8 Å². The Morgan fingerprint density at radius 2 is 2.38 bits per heavy atom. The summed E-state index contributed by atoms with van der Waals surface area (Å²) in [7, 11) is 0. The number of amides is 1. The van der Waals surface area contributed by atoms with Gasteiger partial charge in [-0.05, 0) is 12.8 Å². The van der Waals surface area contributed by atoms with Crippen LogP contribution in [0.5, 0.6) is 0 Å². The highest BCUT2D eigenvalue weighted by Gasteiger charge is 2.42. The van der Waals surface area contributed by atoms with E-state index in [1.807, 2.05) is 0 Å². The van der Waals surface area contributed by atoms with Gasteiger partial charge in [0.15, 0.2) is 0 Å². The summed E-state index contributed by atoms with van der Waals surface area (Å²) in [5.41, 5.74) is -0.285. The second-order valence-corrected chi connectivity index (χ2v) is 3.37. The number of alkyl halides is 1. The van der Waals surface area contributed by atoms with Crippen LogP contribution in [0.1, 0.15) is 12.8 Å². The molecular weight excluding hydrogens is 173 g/mol. The van der Waals surface area contributed by atoms with Crippen LogP contribution in [0.15, 0.2) is 12.7 Å². The fourth-order valence-electron chi connectivity index (χ4n) is 0.980. The molecule has 0 aromatic heterocycles. The van der Waals surface area contributed by atoms with Crippen LogP contribution < -0.4 is 5.32 Å². The minimum absolute atomic E-state index is 0.189. The van der Waals surface area contributed by atoms with Gasteiger partial charge < -0.3 is 10.1 Å². The molecule has 4 heteroatoms. The molecule has 1 aliphatic carbocycles. The molecule has 0 aliphatic heterocycles. The minimum Gasteiger partial charge on any atom is -0.445 e. The summed E-state index contributed by atoms with van der Waals surface area (Å²) >= 11 is 0. The lowest BCUT2D eigenvalue weighted by Crippen LogP contribution is -2.31. The molecular formula is C9H14FNO2. The Bertz CT molecular complexity index is 202. The third kappa shape index (κ3) is 3.05. The number of carbonyl (C=O) groups is 1. The molecule has 74 valence electrons. The van der Waals surface area contributed by atoms with Crippen molar-refractivity contribution in [2.45, 2.75) is 12.8 Å². The van der Waals surface area contributed by atoms with Gasteiger partial charge in [-0.15, -0.1) is 0 Å². The SMILES string of the molecule is C=CCOC(=O)NCC1(CF)CC1. The average Bonchev–Trinajstić information content (AvgIpc) is 2.92. The van der Waals surface area contributed by atoms with Crippen LogP contribution in [0.2, 0.25) is 0 Å². The number of hydrogen-bond acceptors (Lipinski definition) is 2. The topological polar surface area (TPSA) is 38.3 Å². The first-order chi connectivity index (χ1) is 6.22. The second-order valence-electron chi connectivity index (χ2n) is 3.37. The van der Waals surface area contributed by atoms with Crippen LogP contribution >= 0.6 is 0 Å². The van der Waals surface area contributed by atoms with Crippen LogP contribution in [-0.4, -0.2) is 25.9 Å². The zero-order valence-corrected chi connectivity index (χ0v) is 7.51. The van der Waals surface area contributed by atoms with Gasteiger partial charge in [-0.3, -0.25) is 4.39 Å². The molecule has 0 unspecified atom stereocenters. The van der Waals surface area contributed by atoms with E-state index in [0.29, 0.717) is 6.54 Å². The van der Waals surface area contributed by atoms with Crippen LogP contribution in [-0.2, 0) is 4.74 Å². The summed E-state index contributed by atoms with van der Waals surface area (Å²) in [6, 6.07) is 0. The fourth-order valence-corrected chi connectivity index (χ4v) is 0.980. The predicted octanol–water partition coefficient (Wildman–Crippen LogP) is 1.65. The van der Waals surface area contributed by atoms with Gasteiger partial charge in [-0.2, -0.15) is 0 Å². The van der Waals surface area contributed by atoms with E-state index >= 15 is 0 Å².